The summed E-state index contributed by atoms with van der Waals surface area (Å²) in [6.07, 6.45) is 3.89. The van der Waals surface area contributed by atoms with Crippen LogP contribution in [0.25, 0.3) is 10.9 Å². The molecule has 5 N–H and O–H groups in total. The largest absolute Gasteiger partial charge is 0.506 e. The minimum Gasteiger partial charge on any atom is -0.506 e. The topological polar surface area (TPSA) is 141 Å². The summed E-state index contributed by atoms with van der Waals surface area (Å²) in [6.45, 7) is 0.867. The zero-order valence-corrected chi connectivity index (χ0v) is 20.6. The van der Waals surface area contributed by atoms with E-state index in [0.29, 0.717) is 34.8 Å². The molecule has 2 aromatic carbocycles. The molecule has 1 aliphatic carbocycles. The van der Waals surface area contributed by atoms with Crippen LogP contribution in [-0.2, 0) is 6.61 Å². The van der Waals surface area contributed by atoms with Gasteiger partial charge in [-0.15, -0.1) is 15.7 Å². The molecule has 6 rings (SSSR count). The third-order valence-corrected chi connectivity index (χ3v) is 8.21. The summed E-state index contributed by atoms with van der Waals surface area (Å²) in [7, 11) is -3.70. The first-order valence-electron chi connectivity index (χ1n) is 11.3. The second kappa shape index (κ2) is 8.82. The van der Waals surface area contributed by atoms with E-state index >= 15 is 0 Å². The van der Waals surface area contributed by atoms with Gasteiger partial charge in [0.15, 0.2) is 5.84 Å². The van der Waals surface area contributed by atoms with E-state index in [1.807, 2.05) is 5.38 Å². The molecule has 0 bridgehead atoms. The van der Waals surface area contributed by atoms with Crippen LogP contribution in [0.15, 0.2) is 68.1 Å². The predicted molar refractivity (Wildman–Crippen MR) is 141 cm³/mol. The highest BCUT2D eigenvalue weighted by atomic mass is 32.3. The number of nitrogens with zero attached hydrogens (tertiary/aromatic N) is 3. The molecule has 0 amide bonds. The molecule has 4 aromatic rings. The van der Waals surface area contributed by atoms with Crippen LogP contribution in [0, 0.1) is 5.92 Å². The Morgan fingerprint density at radius 1 is 1.22 bits per heavy atom. The normalized spacial score (nSPS) is 17.1. The fourth-order valence-corrected chi connectivity index (χ4v) is 5.77. The van der Waals surface area contributed by atoms with E-state index in [0.717, 1.165) is 17.8 Å². The maximum absolute atomic E-state index is 13.6. The van der Waals surface area contributed by atoms with Gasteiger partial charge in [0.25, 0.3) is 5.56 Å². The summed E-state index contributed by atoms with van der Waals surface area (Å²) in [5, 5.41) is 17.2. The van der Waals surface area contributed by atoms with Gasteiger partial charge in [-0.3, -0.25) is 13.9 Å². The lowest BCUT2D eigenvalue weighted by molar-refractivity contribution is 0.304. The van der Waals surface area contributed by atoms with Gasteiger partial charge < -0.3 is 20.6 Å². The Morgan fingerprint density at radius 2 is 2.06 bits per heavy atom. The number of nitrogens with one attached hydrogen (secondary N) is 2. The number of rotatable bonds is 7. The molecule has 3 heterocycles. The maximum Gasteiger partial charge on any atom is 0.284 e. The molecule has 2 aromatic heterocycles. The number of pyridine rings is 1. The zero-order chi connectivity index (χ0) is 24.9. The average Bonchev–Trinajstić information content (AvgIpc) is 3.54. The van der Waals surface area contributed by atoms with Crippen LogP contribution in [0.4, 0.5) is 5.69 Å². The van der Waals surface area contributed by atoms with Crippen molar-refractivity contribution >= 4 is 44.5 Å². The van der Waals surface area contributed by atoms with Crippen molar-refractivity contribution in [2.75, 3.05) is 17.3 Å². The molecule has 1 aliphatic heterocycles. The summed E-state index contributed by atoms with van der Waals surface area (Å²) in [5.74, 6) is 0.524. The van der Waals surface area contributed by atoms with Crippen molar-refractivity contribution in [3.8, 4) is 11.5 Å². The minimum absolute atomic E-state index is 0.117. The van der Waals surface area contributed by atoms with Gasteiger partial charge in [-0.05, 0) is 43.0 Å². The fraction of sp³-hybridized carbons (Fsp3) is 0.208. The summed E-state index contributed by atoms with van der Waals surface area (Å²) in [4.78, 5) is 17.9. The molecule has 2 aliphatic rings. The smallest absolute Gasteiger partial charge is 0.284 e. The fourth-order valence-electron chi connectivity index (χ4n) is 4.07. The van der Waals surface area contributed by atoms with Gasteiger partial charge in [0.1, 0.15) is 33.6 Å². The summed E-state index contributed by atoms with van der Waals surface area (Å²) in [5.41, 5.74) is 3.36. The lowest BCUT2D eigenvalue weighted by Crippen LogP contribution is -2.36. The molecule has 0 saturated heterocycles. The number of amidine groups is 1. The monoisotopic (exact) mass is 525 g/mol. The molecule has 36 heavy (non-hydrogen) atoms. The van der Waals surface area contributed by atoms with Crippen LogP contribution in [0.5, 0.6) is 11.5 Å². The number of aromatic nitrogens is 2. The molecule has 0 spiro atoms. The molecule has 1 fully saturated rings. The van der Waals surface area contributed by atoms with Crippen molar-refractivity contribution in [2.45, 2.75) is 24.3 Å². The highest BCUT2D eigenvalue weighted by molar-refractivity contribution is 8.23. The SMILES string of the molecule is O=c1c(C2=NS(O)(O)c3cc(OCc4nccs4)ccc3N2)c(O)c2ccccc2n1NCC1CC1. The van der Waals surface area contributed by atoms with Gasteiger partial charge in [-0.2, -0.15) is 0 Å². The van der Waals surface area contributed by atoms with Gasteiger partial charge in [-0.25, -0.2) is 9.66 Å². The molecule has 12 heteroatoms. The molecule has 0 atom stereocenters. The van der Waals surface area contributed by atoms with E-state index in [4.69, 9.17) is 4.74 Å². The Balaban J connectivity index is 1.39. The Kier molecular flexibility index (Phi) is 5.60. The summed E-state index contributed by atoms with van der Waals surface area (Å²) >= 11 is 1.46. The molecule has 0 unspecified atom stereocenters. The van der Waals surface area contributed by atoms with Gasteiger partial charge in [-0.1, -0.05) is 22.9 Å². The van der Waals surface area contributed by atoms with Crippen molar-refractivity contribution in [1.82, 2.24) is 9.66 Å². The maximum atomic E-state index is 13.6. The van der Waals surface area contributed by atoms with Crippen LogP contribution < -0.4 is 21.0 Å². The van der Waals surface area contributed by atoms with Crippen LogP contribution in [0.1, 0.15) is 23.4 Å². The lowest BCUT2D eigenvalue weighted by Gasteiger charge is -2.34. The molecule has 10 nitrogen and oxygen atoms in total. The van der Waals surface area contributed by atoms with Gasteiger partial charge in [0, 0.05) is 29.6 Å². The molecule has 186 valence electrons. The van der Waals surface area contributed by atoms with Crippen molar-refractivity contribution in [3.63, 3.8) is 0 Å². The van der Waals surface area contributed by atoms with Crippen LogP contribution in [0.3, 0.4) is 0 Å². The van der Waals surface area contributed by atoms with Crippen molar-refractivity contribution < 1.29 is 18.9 Å². The lowest BCUT2D eigenvalue weighted by atomic mass is 10.1. The van der Waals surface area contributed by atoms with Crippen molar-refractivity contribution in [2.24, 2.45) is 10.3 Å². The third-order valence-electron chi connectivity index (χ3n) is 6.09. The van der Waals surface area contributed by atoms with E-state index in [1.165, 1.54) is 22.1 Å². The number of thiazole rings is 1. The number of ether oxygens (including phenoxy) is 1. The van der Waals surface area contributed by atoms with Crippen LogP contribution in [-0.4, -0.2) is 36.3 Å². The van der Waals surface area contributed by atoms with E-state index in [-0.39, 0.29) is 28.7 Å². The quantitative estimate of drug-likeness (QED) is 0.236. The molecular weight excluding hydrogens is 502 g/mol. The Labute approximate surface area is 211 Å². The van der Waals surface area contributed by atoms with Crippen molar-refractivity contribution in [3.05, 3.63) is 75.0 Å². The Hall–Kier alpha value is -3.58. The Bertz CT molecular complexity index is 1550. The van der Waals surface area contributed by atoms with Crippen LogP contribution >= 0.6 is 22.1 Å². The van der Waals surface area contributed by atoms with E-state index in [9.17, 15) is 19.0 Å². The average molecular weight is 526 g/mol. The summed E-state index contributed by atoms with van der Waals surface area (Å²) in [6, 6.07) is 11.8. The van der Waals surface area contributed by atoms with Gasteiger partial charge in [0.05, 0.1) is 11.2 Å². The first-order chi connectivity index (χ1) is 17.4. The van der Waals surface area contributed by atoms with Gasteiger partial charge >= 0.3 is 0 Å². The first-order valence-corrected chi connectivity index (χ1v) is 13.7. The number of hydrogen-bond acceptors (Lipinski definition) is 10. The second-order valence-corrected chi connectivity index (χ2v) is 11.3. The molecule has 0 radical (unpaired) electrons. The number of anilines is 1. The number of aromatic hydroxyl groups is 1. The summed E-state index contributed by atoms with van der Waals surface area (Å²) < 4.78 is 33.1. The second-order valence-electron chi connectivity index (χ2n) is 8.64. The predicted octanol–water partition coefficient (Wildman–Crippen LogP) is 4.59. The number of benzene rings is 2. The Morgan fingerprint density at radius 3 is 2.83 bits per heavy atom. The van der Waals surface area contributed by atoms with E-state index in [2.05, 4.69) is 20.1 Å². The number of hydrogen-bond donors (Lipinski definition) is 5. The van der Waals surface area contributed by atoms with E-state index < -0.39 is 16.3 Å². The zero-order valence-electron chi connectivity index (χ0n) is 18.9. The number of fused-ring (bicyclic) bond motifs is 2. The molecule has 1 saturated carbocycles. The third kappa shape index (κ3) is 4.17. The van der Waals surface area contributed by atoms with Gasteiger partial charge in [0.2, 0.25) is 0 Å². The van der Waals surface area contributed by atoms with Crippen LogP contribution in [0.2, 0.25) is 0 Å². The standard InChI is InChI=1S/C24H23N5O5S2/c30-22-16-3-1-2-4-18(16)29(26-12-14-5-6-14)24(31)21(22)23-27-17-8-7-15(11-19(17)36(32,33)28-23)34-13-20-25-9-10-35-20/h1-4,7-11,14,26,30,32-33H,5-6,12-13H2,(H,27,28). The molecular formula is C24H23N5O5S2. The van der Waals surface area contributed by atoms with E-state index in [1.54, 1.807) is 42.6 Å². The highest BCUT2D eigenvalue weighted by Gasteiger charge is 2.31. The number of para-hydroxylation sites is 1. The van der Waals surface area contributed by atoms with Crippen molar-refractivity contribution in [1.29, 1.82) is 0 Å². The highest BCUT2D eigenvalue weighted by Crippen LogP contribution is 2.56. The first kappa shape index (κ1) is 22.9. The minimum atomic E-state index is -3.70.